The molecule has 0 saturated carbocycles. The Morgan fingerprint density at radius 3 is 2.32 bits per heavy atom. The van der Waals surface area contributed by atoms with Crippen molar-refractivity contribution in [2.45, 2.75) is 18.5 Å². The second-order valence-corrected chi connectivity index (χ2v) is 7.26. The Morgan fingerprint density at radius 1 is 0.786 bits per heavy atom. The first kappa shape index (κ1) is 17.1. The Labute approximate surface area is 161 Å². The van der Waals surface area contributed by atoms with Crippen molar-refractivity contribution in [3.63, 3.8) is 0 Å². The van der Waals surface area contributed by atoms with E-state index in [9.17, 15) is 13.2 Å². The second kappa shape index (κ2) is 6.23. The topological polar surface area (TPSA) is 0 Å². The molecule has 0 radical (unpaired) electrons. The van der Waals surface area contributed by atoms with Gasteiger partial charge < -0.3 is 0 Å². The third-order valence-corrected chi connectivity index (χ3v) is 5.64. The first-order valence-electron chi connectivity index (χ1n) is 9.29. The summed E-state index contributed by atoms with van der Waals surface area (Å²) in [5, 5.41) is 0. The van der Waals surface area contributed by atoms with Crippen LogP contribution in [0.2, 0.25) is 0 Å². The molecule has 0 spiro atoms. The number of hydrogen-bond donors (Lipinski definition) is 0. The lowest BCUT2D eigenvalue weighted by Gasteiger charge is -2.21. The van der Waals surface area contributed by atoms with Gasteiger partial charge in [-0.1, -0.05) is 66.7 Å². The molecular weight excluding hydrogens is 357 g/mol. The van der Waals surface area contributed by atoms with Crippen LogP contribution in [-0.4, -0.2) is 0 Å². The van der Waals surface area contributed by atoms with E-state index in [2.05, 4.69) is 48.6 Å². The summed E-state index contributed by atoms with van der Waals surface area (Å²) in [6, 6.07) is 20.1. The molecule has 0 saturated heterocycles. The van der Waals surface area contributed by atoms with Crippen molar-refractivity contribution < 1.29 is 13.2 Å². The van der Waals surface area contributed by atoms with E-state index < -0.39 is 11.7 Å². The van der Waals surface area contributed by atoms with Crippen LogP contribution in [0.1, 0.15) is 44.9 Å². The Kier molecular flexibility index (Phi) is 3.80. The highest BCUT2D eigenvalue weighted by Crippen LogP contribution is 2.48. The van der Waals surface area contributed by atoms with Gasteiger partial charge in [-0.15, -0.1) is 0 Å². The van der Waals surface area contributed by atoms with Gasteiger partial charge in [0.15, 0.2) is 0 Å². The zero-order valence-electron chi connectivity index (χ0n) is 15.0. The summed E-state index contributed by atoms with van der Waals surface area (Å²) in [6.07, 6.45) is 3.04. The molecule has 3 heteroatoms. The van der Waals surface area contributed by atoms with Gasteiger partial charge in [0, 0.05) is 5.92 Å². The molecule has 2 aliphatic carbocycles. The fourth-order valence-electron chi connectivity index (χ4n) is 4.33. The number of benzene rings is 3. The molecule has 1 unspecified atom stereocenters. The lowest BCUT2D eigenvalue weighted by Crippen LogP contribution is -2.06. The van der Waals surface area contributed by atoms with E-state index in [1.54, 1.807) is 12.1 Å². The SMILES string of the molecule is FC(F)(F)c1ccc(C2=Cc3ccccc3C2c2cccc3c2C=CC3)cc1. The predicted octanol–water partition coefficient (Wildman–Crippen LogP) is 6.96. The Balaban J connectivity index is 1.65. The van der Waals surface area contributed by atoms with Gasteiger partial charge in [0.25, 0.3) is 0 Å². The molecule has 3 aromatic carbocycles. The van der Waals surface area contributed by atoms with Gasteiger partial charge in [0.1, 0.15) is 0 Å². The quantitative estimate of drug-likeness (QED) is 0.455. The van der Waals surface area contributed by atoms with Crippen LogP contribution in [0, 0.1) is 0 Å². The van der Waals surface area contributed by atoms with Crippen molar-refractivity contribution >= 4 is 17.7 Å². The normalized spacial score (nSPS) is 17.4. The van der Waals surface area contributed by atoms with Gasteiger partial charge in [0.05, 0.1) is 5.56 Å². The summed E-state index contributed by atoms with van der Waals surface area (Å²) in [5.41, 5.74) is 7.33. The first-order chi connectivity index (χ1) is 13.5. The molecule has 0 fully saturated rings. The minimum Gasteiger partial charge on any atom is -0.166 e. The molecule has 28 heavy (non-hydrogen) atoms. The molecule has 3 aromatic rings. The van der Waals surface area contributed by atoms with Crippen LogP contribution >= 0.6 is 0 Å². The van der Waals surface area contributed by atoms with E-state index in [1.807, 2.05) is 12.1 Å². The van der Waals surface area contributed by atoms with Crippen LogP contribution in [0.5, 0.6) is 0 Å². The van der Waals surface area contributed by atoms with Crippen molar-refractivity contribution in [1.29, 1.82) is 0 Å². The molecule has 1 atom stereocenters. The van der Waals surface area contributed by atoms with Gasteiger partial charge in [-0.3, -0.25) is 0 Å². The standard InChI is InChI=1S/C25H17F3/c26-25(27,28)19-13-11-17(12-14-19)23-15-18-5-1-2-8-21(18)24(23)22-10-4-7-16-6-3-9-20(16)22/h1-5,7-15,24H,6H2. The Morgan fingerprint density at radius 2 is 1.54 bits per heavy atom. The summed E-state index contributed by atoms with van der Waals surface area (Å²) in [6.45, 7) is 0. The zero-order valence-corrected chi connectivity index (χ0v) is 15.0. The fourth-order valence-corrected chi connectivity index (χ4v) is 4.33. The van der Waals surface area contributed by atoms with Crippen molar-refractivity contribution in [2.24, 2.45) is 0 Å². The van der Waals surface area contributed by atoms with Crippen LogP contribution in [-0.2, 0) is 12.6 Å². The first-order valence-corrected chi connectivity index (χ1v) is 9.29. The second-order valence-electron chi connectivity index (χ2n) is 7.26. The number of alkyl halides is 3. The predicted molar refractivity (Wildman–Crippen MR) is 107 cm³/mol. The van der Waals surface area contributed by atoms with Crippen LogP contribution in [0.15, 0.2) is 72.8 Å². The average Bonchev–Trinajstić information content (AvgIpc) is 3.32. The summed E-state index contributed by atoms with van der Waals surface area (Å²) in [5.74, 6) is 0.0191. The number of rotatable bonds is 2. The van der Waals surface area contributed by atoms with Crippen molar-refractivity contribution in [3.05, 3.63) is 112 Å². The highest BCUT2D eigenvalue weighted by molar-refractivity contribution is 5.94. The van der Waals surface area contributed by atoms with E-state index in [1.165, 1.54) is 34.4 Å². The highest BCUT2D eigenvalue weighted by Gasteiger charge is 2.32. The van der Waals surface area contributed by atoms with Crippen molar-refractivity contribution in [1.82, 2.24) is 0 Å². The monoisotopic (exact) mass is 374 g/mol. The van der Waals surface area contributed by atoms with Gasteiger partial charge in [-0.05, 0) is 63.6 Å². The van der Waals surface area contributed by atoms with Gasteiger partial charge >= 0.3 is 6.18 Å². The number of halogens is 3. The molecule has 5 rings (SSSR count). The molecule has 0 heterocycles. The number of fused-ring (bicyclic) bond motifs is 2. The largest absolute Gasteiger partial charge is 0.416 e. The summed E-state index contributed by atoms with van der Waals surface area (Å²) in [4.78, 5) is 0. The summed E-state index contributed by atoms with van der Waals surface area (Å²) >= 11 is 0. The fraction of sp³-hybridized carbons (Fsp3) is 0.120. The molecule has 0 nitrogen and oxygen atoms in total. The van der Waals surface area contributed by atoms with Crippen LogP contribution < -0.4 is 0 Å². The van der Waals surface area contributed by atoms with E-state index in [0.717, 1.165) is 23.1 Å². The molecule has 138 valence electrons. The van der Waals surface area contributed by atoms with E-state index in [0.29, 0.717) is 0 Å². The maximum absolute atomic E-state index is 13.0. The maximum Gasteiger partial charge on any atom is 0.416 e. The molecule has 0 aliphatic heterocycles. The summed E-state index contributed by atoms with van der Waals surface area (Å²) in [7, 11) is 0. The van der Waals surface area contributed by atoms with E-state index >= 15 is 0 Å². The molecule has 0 bridgehead atoms. The van der Waals surface area contributed by atoms with Crippen molar-refractivity contribution in [3.8, 4) is 0 Å². The smallest absolute Gasteiger partial charge is 0.166 e. The minimum absolute atomic E-state index is 0.0191. The maximum atomic E-state index is 13.0. The molecule has 0 aromatic heterocycles. The lowest BCUT2D eigenvalue weighted by atomic mass is 9.82. The van der Waals surface area contributed by atoms with Crippen LogP contribution in [0.25, 0.3) is 17.7 Å². The van der Waals surface area contributed by atoms with Gasteiger partial charge in [-0.25, -0.2) is 0 Å². The van der Waals surface area contributed by atoms with Gasteiger partial charge in [0.2, 0.25) is 0 Å². The Bertz CT molecular complexity index is 1120. The Hall–Kier alpha value is -3.07. The average molecular weight is 374 g/mol. The lowest BCUT2D eigenvalue weighted by molar-refractivity contribution is -0.137. The molecule has 2 aliphatic rings. The summed E-state index contributed by atoms with van der Waals surface area (Å²) < 4.78 is 38.9. The third kappa shape index (κ3) is 2.70. The highest BCUT2D eigenvalue weighted by atomic mass is 19.4. The molecular formula is C25H17F3. The number of hydrogen-bond acceptors (Lipinski definition) is 0. The van der Waals surface area contributed by atoms with Crippen LogP contribution in [0.4, 0.5) is 13.2 Å². The van der Waals surface area contributed by atoms with Crippen LogP contribution in [0.3, 0.4) is 0 Å². The minimum atomic E-state index is -4.32. The number of allylic oxidation sites excluding steroid dienone is 2. The van der Waals surface area contributed by atoms with E-state index in [4.69, 9.17) is 0 Å². The zero-order chi connectivity index (χ0) is 19.3. The van der Waals surface area contributed by atoms with Crippen molar-refractivity contribution in [2.75, 3.05) is 0 Å². The van der Waals surface area contributed by atoms with Gasteiger partial charge in [-0.2, -0.15) is 13.2 Å². The third-order valence-electron chi connectivity index (χ3n) is 5.64. The van der Waals surface area contributed by atoms with E-state index in [-0.39, 0.29) is 5.92 Å². The molecule has 0 N–H and O–H groups in total. The molecule has 0 amide bonds.